The summed E-state index contributed by atoms with van der Waals surface area (Å²) >= 11 is 1.93. The first-order chi connectivity index (χ1) is 9.26. The average Bonchev–Trinajstić information content (AvgIpc) is 2.86. The number of fused-ring (bicyclic) bond motifs is 1. The Morgan fingerprint density at radius 1 is 1.37 bits per heavy atom. The van der Waals surface area contributed by atoms with Gasteiger partial charge in [-0.05, 0) is 31.6 Å². The van der Waals surface area contributed by atoms with Gasteiger partial charge in [0.1, 0.15) is 5.01 Å². The molecule has 4 heteroatoms. The molecule has 1 aromatic heterocycles. The number of thiazole rings is 1. The predicted octanol–water partition coefficient (Wildman–Crippen LogP) is 3.35. The van der Waals surface area contributed by atoms with E-state index >= 15 is 0 Å². The van der Waals surface area contributed by atoms with E-state index < -0.39 is 0 Å². The molecule has 2 atom stereocenters. The quantitative estimate of drug-likeness (QED) is 0.779. The van der Waals surface area contributed by atoms with Gasteiger partial charge >= 0.3 is 0 Å². The van der Waals surface area contributed by atoms with Crippen LogP contribution >= 0.6 is 11.3 Å². The molecule has 0 aromatic carbocycles. The Morgan fingerprint density at radius 2 is 2.16 bits per heavy atom. The van der Waals surface area contributed by atoms with Gasteiger partial charge in [0.05, 0.1) is 18.3 Å². The lowest BCUT2D eigenvalue weighted by Crippen LogP contribution is -2.29. The molecule has 19 heavy (non-hydrogen) atoms. The lowest BCUT2D eigenvalue weighted by molar-refractivity contribution is 0.191. The number of rotatable bonds is 7. The van der Waals surface area contributed by atoms with Crippen molar-refractivity contribution in [2.75, 3.05) is 20.3 Å². The first kappa shape index (κ1) is 14.9. The molecule has 0 fully saturated rings. The van der Waals surface area contributed by atoms with Crippen LogP contribution in [0.5, 0.6) is 0 Å². The number of hydrogen-bond donors (Lipinski definition) is 1. The molecule has 3 nitrogen and oxygen atoms in total. The SMILES string of the molecule is CCC(C)C(NCCOC)c1nc2c(s1)CCCC2. The Bertz CT molecular complexity index is 368. The molecule has 1 aliphatic carbocycles. The topological polar surface area (TPSA) is 34.1 Å². The van der Waals surface area contributed by atoms with Gasteiger partial charge < -0.3 is 10.1 Å². The number of hydrogen-bond acceptors (Lipinski definition) is 4. The van der Waals surface area contributed by atoms with Crippen LogP contribution in [0.25, 0.3) is 0 Å². The minimum atomic E-state index is 0.385. The summed E-state index contributed by atoms with van der Waals surface area (Å²) in [6, 6.07) is 0.385. The second-order valence-corrected chi connectivity index (χ2v) is 6.55. The maximum absolute atomic E-state index is 5.14. The lowest BCUT2D eigenvalue weighted by Gasteiger charge is -2.22. The molecule has 2 rings (SSSR count). The van der Waals surface area contributed by atoms with Crippen LogP contribution in [-0.4, -0.2) is 25.2 Å². The number of aromatic nitrogens is 1. The molecule has 0 aliphatic heterocycles. The zero-order valence-electron chi connectivity index (χ0n) is 12.4. The summed E-state index contributed by atoms with van der Waals surface area (Å²) in [7, 11) is 1.75. The summed E-state index contributed by atoms with van der Waals surface area (Å²) in [5.74, 6) is 0.615. The first-order valence-corrected chi connectivity index (χ1v) is 8.28. The second kappa shape index (κ2) is 7.36. The van der Waals surface area contributed by atoms with E-state index in [9.17, 15) is 0 Å². The van der Waals surface area contributed by atoms with Crippen molar-refractivity contribution in [1.82, 2.24) is 10.3 Å². The van der Waals surface area contributed by atoms with Crippen LogP contribution in [0, 0.1) is 5.92 Å². The molecule has 1 heterocycles. The first-order valence-electron chi connectivity index (χ1n) is 7.47. The third kappa shape index (κ3) is 3.77. The highest BCUT2D eigenvalue weighted by Crippen LogP contribution is 2.33. The Balaban J connectivity index is 2.10. The van der Waals surface area contributed by atoms with Gasteiger partial charge in [-0.15, -0.1) is 11.3 Å². The van der Waals surface area contributed by atoms with Gasteiger partial charge in [0.2, 0.25) is 0 Å². The van der Waals surface area contributed by atoms with Crippen molar-refractivity contribution in [3.8, 4) is 0 Å². The van der Waals surface area contributed by atoms with Gasteiger partial charge in [-0.3, -0.25) is 0 Å². The number of nitrogens with one attached hydrogen (secondary N) is 1. The van der Waals surface area contributed by atoms with E-state index in [1.807, 2.05) is 11.3 Å². The van der Waals surface area contributed by atoms with Crippen LogP contribution in [0.15, 0.2) is 0 Å². The molecule has 1 aliphatic rings. The largest absolute Gasteiger partial charge is 0.383 e. The molecule has 2 unspecified atom stereocenters. The van der Waals surface area contributed by atoms with Crippen molar-refractivity contribution in [1.29, 1.82) is 0 Å². The van der Waals surface area contributed by atoms with Crippen LogP contribution < -0.4 is 5.32 Å². The van der Waals surface area contributed by atoms with Gasteiger partial charge in [0.15, 0.2) is 0 Å². The molecule has 1 N–H and O–H groups in total. The molecular formula is C15H26N2OS. The molecule has 0 saturated heterocycles. The molecule has 0 amide bonds. The Kier molecular flexibility index (Phi) is 5.79. The fraction of sp³-hybridized carbons (Fsp3) is 0.800. The second-order valence-electron chi connectivity index (χ2n) is 5.44. The molecule has 108 valence electrons. The smallest absolute Gasteiger partial charge is 0.110 e. The summed E-state index contributed by atoms with van der Waals surface area (Å²) in [5, 5.41) is 4.91. The standard InChI is InChI=1S/C15H26N2OS/c1-4-11(2)14(16-9-10-18-3)15-17-12-7-5-6-8-13(12)19-15/h11,14,16H,4-10H2,1-3H3. The highest BCUT2D eigenvalue weighted by molar-refractivity contribution is 7.11. The summed E-state index contributed by atoms with van der Waals surface area (Å²) in [4.78, 5) is 6.44. The van der Waals surface area contributed by atoms with E-state index in [0.717, 1.165) is 13.2 Å². The zero-order valence-corrected chi connectivity index (χ0v) is 13.2. The summed E-state index contributed by atoms with van der Waals surface area (Å²) < 4.78 is 5.14. The van der Waals surface area contributed by atoms with Crippen molar-refractivity contribution in [2.24, 2.45) is 5.92 Å². The third-order valence-corrected chi connectivity index (χ3v) is 5.25. The Hall–Kier alpha value is -0.450. The van der Waals surface area contributed by atoms with Gasteiger partial charge in [-0.25, -0.2) is 4.98 Å². The monoisotopic (exact) mass is 282 g/mol. The van der Waals surface area contributed by atoms with Gasteiger partial charge in [0, 0.05) is 18.5 Å². The number of aryl methyl sites for hydroxylation is 2. The van der Waals surface area contributed by atoms with Crippen LogP contribution in [0.3, 0.4) is 0 Å². The molecule has 0 radical (unpaired) electrons. The number of nitrogens with zero attached hydrogens (tertiary/aromatic N) is 1. The highest BCUT2D eigenvalue weighted by atomic mass is 32.1. The molecule has 0 spiro atoms. The van der Waals surface area contributed by atoms with Crippen molar-refractivity contribution >= 4 is 11.3 Å². The third-order valence-electron chi connectivity index (χ3n) is 4.01. The molecule has 0 bridgehead atoms. The highest BCUT2D eigenvalue weighted by Gasteiger charge is 2.24. The maximum Gasteiger partial charge on any atom is 0.110 e. The Labute approximate surface area is 120 Å². The van der Waals surface area contributed by atoms with Gasteiger partial charge in [0.25, 0.3) is 0 Å². The minimum absolute atomic E-state index is 0.385. The van der Waals surface area contributed by atoms with Crippen LogP contribution in [0.1, 0.15) is 54.7 Å². The molecule has 1 aromatic rings. The normalized spacial score (nSPS) is 18.1. The summed E-state index contributed by atoms with van der Waals surface area (Å²) in [6.45, 7) is 6.22. The van der Waals surface area contributed by atoms with Crippen molar-refractivity contribution in [3.63, 3.8) is 0 Å². The Morgan fingerprint density at radius 3 is 2.84 bits per heavy atom. The van der Waals surface area contributed by atoms with Crippen LogP contribution in [0.4, 0.5) is 0 Å². The molecule has 0 saturated carbocycles. The van der Waals surface area contributed by atoms with Crippen molar-refractivity contribution in [2.45, 2.75) is 52.0 Å². The fourth-order valence-electron chi connectivity index (χ4n) is 2.59. The van der Waals surface area contributed by atoms with Crippen molar-refractivity contribution < 1.29 is 4.74 Å². The predicted molar refractivity (Wildman–Crippen MR) is 80.8 cm³/mol. The average molecular weight is 282 g/mol. The number of ether oxygens (including phenoxy) is 1. The van der Waals surface area contributed by atoms with E-state index in [1.54, 1.807) is 7.11 Å². The zero-order chi connectivity index (χ0) is 13.7. The fourth-order valence-corrected chi connectivity index (χ4v) is 3.95. The van der Waals surface area contributed by atoms with Crippen LogP contribution in [-0.2, 0) is 17.6 Å². The molecular weight excluding hydrogens is 256 g/mol. The van der Waals surface area contributed by atoms with E-state index in [1.165, 1.54) is 47.7 Å². The van der Waals surface area contributed by atoms with Gasteiger partial charge in [-0.1, -0.05) is 20.3 Å². The minimum Gasteiger partial charge on any atom is -0.383 e. The van der Waals surface area contributed by atoms with Gasteiger partial charge in [-0.2, -0.15) is 0 Å². The maximum atomic E-state index is 5.14. The van der Waals surface area contributed by atoms with Crippen LogP contribution in [0.2, 0.25) is 0 Å². The van der Waals surface area contributed by atoms with E-state index in [-0.39, 0.29) is 0 Å². The van der Waals surface area contributed by atoms with Crippen molar-refractivity contribution in [3.05, 3.63) is 15.6 Å². The van der Waals surface area contributed by atoms with E-state index in [4.69, 9.17) is 9.72 Å². The summed E-state index contributed by atoms with van der Waals surface area (Å²) in [6.07, 6.45) is 6.23. The van der Waals surface area contributed by atoms with E-state index in [0.29, 0.717) is 12.0 Å². The van der Waals surface area contributed by atoms with E-state index in [2.05, 4.69) is 19.2 Å². The number of methoxy groups -OCH3 is 1. The summed E-state index contributed by atoms with van der Waals surface area (Å²) in [5.41, 5.74) is 1.37. The lowest BCUT2D eigenvalue weighted by atomic mass is 9.99.